The summed E-state index contributed by atoms with van der Waals surface area (Å²) in [5.41, 5.74) is 1.26. The highest BCUT2D eigenvalue weighted by molar-refractivity contribution is 9.10. The second kappa shape index (κ2) is 6.49. The van der Waals surface area contributed by atoms with Crippen LogP contribution in [-0.4, -0.2) is 20.9 Å². The molecule has 0 amide bonds. The van der Waals surface area contributed by atoms with Crippen LogP contribution in [0, 0.1) is 0 Å². The number of carboxylic acid groups (broad SMARTS) is 1. The monoisotopic (exact) mass is 371 g/mol. The highest BCUT2D eigenvalue weighted by Gasteiger charge is 2.22. The second-order valence-electron chi connectivity index (χ2n) is 4.89. The van der Waals surface area contributed by atoms with Crippen molar-refractivity contribution in [2.24, 2.45) is 0 Å². The van der Waals surface area contributed by atoms with Crippen LogP contribution in [0.25, 0.3) is 0 Å². The predicted molar refractivity (Wildman–Crippen MR) is 85.8 cm³/mol. The first-order valence-corrected chi connectivity index (χ1v) is 7.54. The van der Waals surface area contributed by atoms with Crippen molar-refractivity contribution in [3.05, 3.63) is 45.7 Å². The van der Waals surface area contributed by atoms with Gasteiger partial charge in [-0.15, -0.1) is 0 Å². The molecule has 2 rings (SSSR count). The number of anilines is 1. The molecule has 112 valence electrons. The van der Waals surface area contributed by atoms with Crippen LogP contribution in [-0.2, 0) is 4.79 Å². The topological polar surface area (TPSA) is 67.2 Å². The van der Waals surface area contributed by atoms with E-state index in [0.717, 1.165) is 0 Å². The van der Waals surface area contributed by atoms with E-state index in [1.54, 1.807) is 35.3 Å². The minimum Gasteiger partial charge on any atom is -0.479 e. The van der Waals surface area contributed by atoms with Crippen molar-refractivity contribution >= 4 is 39.2 Å². The van der Waals surface area contributed by atoms with Crippen LogP contribution in [0.1, 0.15) is 31.5 Å². The Labute approximate surface area is 136 Å². The molecule has 2 aromatic rings. The number of carbonyl (C=O) groups is 1. The molecule has 0 saturated heterocycles. The van der Waals surface area contributed by atoms with Gasteiger partial charge >= 0.3 is 5.97 Å². The molecule has 0 aliphatic rings. The zero-order valence-electron chi connectivity index (χ0n) is 11.5. The molecule has 2 N–H and O–H groups in total. The Morgan fingerprint density at radius 3 is 2.71 bits per heavy atom. The molecule has 0 aliphatic heterocycles. The van der Waals surface area contributed by atoms with E-state index in [4.69, 9.17) is 11.6 Å². The van der Waals surface area contributed by atoms with Gasteiger partial charge < -0.3 is 10.4 Å². The molecule has 1 atom stereocenters. The zero-order valence-corrected chi connectivity index (χ0v) is 13.9. The van der Waals surface area contributed by atoms with Gasteiger partial charge in [0.05, 0.1) is 11.2 Å². The van der Waals surface area contributed by atoms with Crippen LogP contribution in [0.4, 0.5) is 5.69 Å². The van der Waals surface area contributed by atoms with Gasteiger partial charge in [0.25, 0.3) is 0 Å². The van der Waals surface area contributed by atoms with Gasteiger partial charge in [-0.1, -0.05) is 11.6 Å². The maximum Gasteiger partial charge on any atom is 0.330 e. The number of carboxylic acids is 1. The third-order valence-corrected chi connectivity index (χ3v) is 4.18. The number of nitrogens with one attached hydrogen (secondary N) is 1. The normalized spacial score (nSPS) is 12.4. The molecular formula is C14H15BrClN3O2. The number of nitrogens with zero attached hydrogens (tertiary/aromatic N) is 2. The van der Waals surface area contributed by atoms with E-state index in [1.165, 1.54) is 0 Å². The third kappa shape index (κ3) is 3.77. The molecule has 0 aliphatic carbocycles. The lowest BCUT2D eigenvalue weighted by atomic mass is 10.1. The molecule has 21 heavy (non-hydrogen) atoms. The van der Waals surface area contributed by atoms with Crippen LogP contribution >= 0.6 is 27.5 Å². The molecule has 0 spiro atoms. The summed E-state index contributed by atoms with van der Waals surface area (Å²) < 4.78 is 2.43. The number of halogens is 2. The van der Waals surface area contributed by atoms with E-state index >= 15 is 0 Å². The van der Waals surface area contributed by atoms with Gasteiger partial charge in [0, 0.05) is 28.0 Å². The Bertz CT molecular complexity index is 657. The smallest absolute Gasteiger partial charge is 0.330 e. The Hall–Kier alpha value is -1.53. The van der Waals surface area contributed by atoms with E-state index in [0.29, 0.717) is 20.7 Å². The highest BCUT2D eigenvalue weighted by atomic mass is 79.9. The molecule has 0 radical (unpaired) electrons. The molecule has 1 aromatic heterocycles. The average Bonchev–Trinajstić information content (AvgIpc) is 2.89. The molecular weight excluding hydrogens is 358 g/mol. The summed E-state index contributed by atoms with van der Waals surface area (Å²) >= 11 is 9.25. The van der Waals surface area contributed by atoms with Gasteiger partial charge in [-0.2, -0.15) is 5.10 Å². The first-order valence-electron chi connectivity index (χ1n) is 6.37. The second-order valence-corrected chi connectivity index (χ2v) is 6.15. The van der Waals surface area contributed by atoms with Crippen molar-refractivity contribution < 1.29 is 9.90 Å². The number of rotatable bonds is 5. The van der Waals surface area contributed by atoms with Crippen molar-refractivity contribution in [2.75, 3.05) is 5.32 Å². The van der Waals surface area contributed by atoms with Gasteiger partial charge in [0.1, 0.15) is 0 Å². The van der Waals surface area contributed by atoms with Crippen LogP contribution in [0.2, 0.25) is 5.02 Å². The number of aliphatic carboxylic acids is 1. The van der Waals surface area contributed by atoms with Crippen LogP contribution in [0.3, 0.4) is 0 Å². The summed E-state index contributed by atoms with van der Waals surface area (Å²) in [5, 5.41) is 17.1. The SMILES string of the molecule is CC(C)n1cc(C(Nc2ccc(Cl)c(Br)c2)C(=O)O)cn1. The molecule has 1 aromatic carbocycles. The molecule has 0 bridgehead atoms. The molecule has 1 heterocycles. The Balaban J connectivity index is 2.26. The van der Waals surface area contributed by atoms with Gasteiger partial charge in [-0.3, -0.25) is 4.68 Å². The van der Waals surface area contributed by atoms with Crippen LogP contribution < -0.4 is 5.32 Å². The van der Waals surface area contributed by atoms with E-state index in [1.807, 2.05) is 13.8 Å². The number of aromatic nitrogens is 2. The first-order chi connectivity index (χ1) is 9.88. The van der Waals surface area contributed by atoms with E-state index in [2.05, 4.69) is 26.3 Å². The summed E-state index contributed by atoms with van der Waals surface area (Å²) in [6.45, 7) is 3.96. The minimum atomic E-state index is -0.968. The molecule has 5 nitrogen and oxygen atoms in total. The lowest BCUT2D eigenvalue weighted by Gasteiger charge is -2.15. The van der Waals surface area contributed by atoms with Gasteiger partial charge in [-0.05, 0) is 48.0 Å². The third-order valence-electron chi connectivity index (χ3n) is 2.96. The zero-order chi connectivity index (χ0) is 15.6. The number of benzene rings is 1. The van der Waals surface area contributed by atoms with Crippen molar-refractivity contribution in [3.8, 4) is 0 Å². The Morgan fingerprint density at radius 2 is 2.19 bits per heavy atom. The van der Waals surface area contributed by atoms with E-state index < -0.39 is 12.0 Å². The summed E-state index contributed by atoms with van der Waals surface area (Å²) in [6, 6.07) is 4.48. The lowest BCUT2D eigenvalue weighted by Crippen LogP contribution is -2.20. The number of hydrogen-bond donors (Lipinski definition) is 2. The fourth-order valence-electron chi connectivity index (χ4n) is 1.82. The van der Waals surface area contributed by atoms with Crippen molar-refractivity contribution in [3.63, 3.8) is 0 Å². The average molecular weight is 373 g/mol. The summed E-state index contributed by atoms with van der Waals surface area (Å²) in [5.74, 6) is -0.968. The van der Waals surface area contributed by atoms with Gasteiger partial charge in [0.2, 0.25) is 0 Å². The predicted octanol–water partition coefficient (Wildman–Crippen LogP) is 4.12. The van der Waals surface area contributed by atoms with Gasteiger partial charge in [-0.25, -0.2) is 4.79 Å². The molecule has 7 heteroatoms. The van der Waals surface area contributed by atoms with E-state index in [-0.39, 0.29) is 6.04 Å². The van der Waals surface area contributed by atoms with Crippen molar-refractivity contribution in [1.82, 2.24) is 9.78 Å². The summed E-state index contributed by atoms with van der Waals surface area (Å²) in [4.78, 5) is 11.5. The van der Waals surface area contributed by atoms with Crippen molar-refractivity contribution in [1.29, 1.82) is 0 Å². The molecule has 1 unspecified atom stereocenters. The standard InChI is InChI=1S/C14H15BrClN3O2/c1-8(2)19-7-9(6-17-19)13(14(20)21)18-10-3-4-12(16)11(15)5-10/h3-8,13,18H,1-2H3,(H,20,21). The lowest BCUT2D eigenvalue weighted by molar-refractivity contribution is -0.138. The number of hydrogen-bond acceptors (Lipinski definition) is 3. The van der Waals surface area contributed by atoms with Crippen molar-refractivity contribution in [2.45, 2.75) is 25.9 Å². The quantitative estimate of drug-likeness (QED) is 0.828. The fraction of sp³-hybridized carbons (Fsp3) is 0.286. The van der Waals surface area contributed by atoms with E-state index in [9.17, 15) is 9.90 Å². The minimum absolute atomic E-state index is 0.179. The van der Waals surface area contributed by atoms with Crippen LogP contribution in [0.5, 0.6) is 0 Å². The highest BCUT2D eigenvalue weighted by Crippen LogP contribution is 2.28. The Kier molecular flexibility index (Phi) is 4.90. The Morgan fingerprint density at radius 1 is 1.48 bits per heavy atom. The first kappa shape index (κ1) is 15.9. The largest absolute Gasteiger partial charge is 0.479 e. The van der Waals surface area contributed by atoms with Gasteiger partial charge in [0.15, 0.2) is 6.04 Å². The molecule has 0 fully saturated rings. The molecule has 0 saturated carbocycles. The van der Waals surface area contributed by atoms with Crippen LogP contribution in [0.15, 0.2) is 35.1 Å². The maximum atomic E-state index is 11.5. The summed E-state index contributed by atoms with van der Waals surface area (Å²) in [7, 11) is 0. The fourth-order valence-corrected chi connectivity index (χ4v) is 2.32. The summed E-state index contributed by atoms with van der Waals surface area (Å²) in [6.07, 6.45) is 3.30. The maximum absolute atomic E-state index is 11.5.